The molecule has 9 heavy (non-hydrogen) atoms. The van der Waals surface area contributed by atoms with Gasteiger partial charge in [-0.3, -0.25) is 0 Å². The van der Waals surface area contributed by atoms with E-state index in [9.17, 15) is 0 Å². The Kier molecular flexibility index (Phi) is 9.04. The van der Waals surface area contributed by atoms with Crippen molar-refractivity contribution in [3.63, 3.8) is 0 Å². The van der Waals surface area contributed by atoms with Crippen LogP contribution in [0.25, 0.3) is 0 Å². The van der Waals surface area contributed by atoms with Gasteiger partial charge in [-0.05, 0) is 6.92 Å². The quantitative estimate of drug-likeness (QED) is 0.405. The summed E-state index contributed by atoms with van der Waals surface area (Å²) in [6.45, 7) is 5.83. The number of allylic oxidation sites excluding steroid dienone is 1. The zero-order valence-electron chi connectivity index (χ0n) is 6.68. The molecule has 0 aromatic carbocycles. The number of nitrogens with zero attached hydrogens (tertiary/aromatic N) is 1. The summed E-state index contributed by atoms with van der Waals surface area (Å²) in [7, 11) is 1.73. The number of hydrogen-bond donors (Lipinski definition) is 2. The molecule has 0 spiro atoms. The van der Waals surface area contributed by atoms with Gasteiger partial charge in [0.2, 0.25) is 0 Å². The molecule has 0 radical (unpaired) electrons. The Labute approximate surface area is 57.3 Å². The maximum atomic E-state index is 5.23. The largest absolute Gasteiger partial charge is 0.403 e. The standard InChI is InChI=1S/C4H11N3.C2H6/c1-4(3-5)7(2)6;1-2/h3H,5-6H2,1-2H3;1-2H3/b4-3-;. The van der Waals surface area contributed by atoms with Gasteiger partial charge < -0.3 is 10.7 Å². The lowest BCUT2D eigenvalue weighted by Gasteiger charge is -2.09. The number of hydrogen-bond acceptors (Lipinski definition) is 3. The van der Waals surface area contributed by atoms with Crippen LogP contribution in [0.4, 0.5) is 0 Å². The van der Waals surface area contributed by atoms with E-state index in [-0.39, 0.29) is 0 Å². The minimum atomic E-state index is 0.861. The van der Waals surface area contributed by atoms with Crippen LogP contribution in [-0.4, -0.2) is 12.1 Å². The van der Waals surface area contributed by atoms with E-state index in [2.05, 4.69) is 0 Å². The van der Waals surface area contributed by atoms with E-state index in [0.717, 1.165) is 5.70 Å². The van der Waals surface area contributed by atoms with Gasteiger partial charge >= 0.3 is 0 Å². The molecule has 3 nitrogen and oxygen atoms in total. The number of hydrazine groups is 1. The third-order valence-corrected chi connectivity index (χ3v) is 0.798. The van der Waals surface area contributed by atoms with Crippen molar-refractivity contribution < 1.29 is 0 Å². The highest BCUT2D eigenvalue weighted by Gasteiger charge is 1.84. The Hall–Kier alpha value is -0.700. The molecular formula is C6H17N3. The highest BCUT2D eigenvalue weighted by atomic mass is 15.4. The molecule has 4 N–H and O–H groups in total. The molecular weight excluding hydrogens is 114 g/mol. The van der Waals surface area contributed by atoms with Gasteiger partial charge in [-0.1, -0.05) is 13.8 Å². The van der Waals surface area contributed by atoms with Gasteiger partial charge in [0, 0.05) is 18.9 Å². The monoisotopic (exact) mass is 131 g/mol. The summed E-state index contributed by atoms with van der Waals surface area (Å²) in [5.74, 6) is 5.23. The highest BCUT2D eigenvalue weighted by Crippen LogP contribution is 1.86. The second-order valence-electron chi connectivity index (χ2n) is 1.42. The summed E-state index contributed by atoms with van der Waals surface area (Å²) in [5, 5.41) is 1.46. The second-order valence-corrected chi connectivity index (χ2v) is 1.42. The molecule has 0 saturated heterocycles. The van der Waals surface area contributed by atoms with Crippen molar-refractivity contribution in [2.75, 3.05) is 7.05 Å². The van der Waals surface area contributed by atoms with E-state index >= 15 is 0 Å². The van der Waals surface area contributed by atoms with Gasteiger partial charge in [-0.2, -0.15) is 0 Å². The van der Waals surface area contributed by atoms with Crippen molar-refractivity contribution in [1.29, 1.82) is 0 Å². The molecule has 0 bridgehead atoms. The summed E-state index contributed by atoms with van der Waals surface area (Å²) in [5.41, 5.74) is 5.95. The molecule has 0 heterocycles. The fourth-order valence-corrected chi connectivity index (χ4v) is 0.118. The first-order chi connectivity index (χ1) is 4.18. The molecule has 0 rings (SSSR count). The van der Waals surface area contributed by atoms with Crippen LogP contribution >= 0.6 is 0 Å². The van der Waals surface area contributed by atoms with Crippen molar-refractivity contribution in [2.45, 2.75) is 20.8 Å². The molecule has 0 aliphatic carbocycles. The molecule has 0 atom stereocenters. The maximum absolute atomic E-state index is 5.23. The van der Waals surface area contributed by atoms with Gasteiger partial charge in [0.25, 0.3) is 0 Å². The van der Waals surface area contributed by atoms with Crippen LogP contribution in [0.15, 0.2) is 11.9 Å². The normalized spacial score (nSPS) is 9.67. The predicted molar refractivity (Wildman–Crippen MR) is 41.2 cm³/mol. The molecule has 3 heteroatoms. The molecule has 0 aliphatic rings. The summed E-state index contributed by atoms with van der Waals surface area (Å²) in [6, 6.07) is 0. The fraction of sp³-hybridized carbons (Fsp3) is 0.667. The van der Waals surface area contributed by atoms with Crippen LogP contribution in [0.3, 0.4) is 0 Å². The minimum absolute atomic E-state index is 0.861. The van der Waals surface area contributed by atoms with E-state index in [1.165, 1.54) is 11.2 Å². The van der Waals surface area contributed by atoms with E-state index in [1.807, 2.05) is 20.8 Å². The highest BCUT2D eigenvalue weighted by molar-refractivity contribution is 4.89. The fourth-order valence-electron chi connectivity index (χ4n) is 0.118. The predicted octanol–water partition coefficient (Wildman–Crippen LogP) is 0.638. The van der Waals surface area contributed by atoms with Crippen LogP contribution in [0, 0.1) is 0 Å². The topological polar surface area (TPSA) is 55.3 Å². The summed E-state index contributed by atoms with van der Waals surface area (Å²) < 4.78 is 0. The van der Waals surface area contributed by atoms with Crippen LogP contribution in [-0.2, 0) is 0 Å². The smallest absolute Gasteiger partial charge is 0.0411 e. The van der Waals surface area contributed by atoms with Gasteiger partial charge in [-0.15, -0.1) is 0 Å². The Morgan fingerprint density at radius 1 is 1.44 bits per heavy atom. The van der Waals surface area contributed by atoms with Crippen LogP contribution in [0.2, 0.25) is 0 Å². The van der Waals surface area contributed by atoms with Crippen molar-refractivity contribution in [1.82, 2.24) is 5.01 Å². The van der Waals surface area contributed by atoms with Gasteiger partial charge in [0.1, 0.15) is 0 Å². The molecule has 0 amide bonds. The van der Waals surface area contributed by atoms with Crippen molar-refractivity contribution >= 4 is 0 Å². The first kappa shape index (κ1) is 11.1. The Morgan fingerprint density at radius 2 is 1.78 bits per heavy atom. The first-order valence-electron chi connectivity index (χ1n) is 3.05. The summed E-state index contributed by atoms with van der Waals surface area (Å²) in [4.78, 5) is 0. The van der Waals surface area contributed by atoms with Crippen molar-refractivity contribution in [3.05, 3.63) is 11.9 Å². The third-order valence-electron chi connectivity index (χ3n) is 0.798. The molecule has 0 aromatic rings. The summed E-state index contributed by atoms with van der Waals surface area (Å²) >= 11 is 0. The van der Waals surface area contributed by atoms with E-state index < -0.39 is 0 Å². The zero-order chi connectivity index (χ0) is 7.86. The van der Waals surface area contributed by atoms with Gasteiger partial charge in [0.15, 0.2) is 0 Å². The SMILES string of the molecule is C/C(=C/N)N(C)N.CC. The molecule has 0 aromatic heterocycles. The number of rotatable bonds is 1. The lowest BCUT2D eigenvalue weighted by Crippen LogP contribution is -2.24. The third kappa shape index (κ3) is 7.30. The van der Waals surface area contributed by atoms with E-state index in [4.69, 9.17) is 11.6 Å². The van der Waals surface area contributed by atoms with Crippen molar-refractivity contribution in [3.8, 4) is 0 Å². The molecule has 56 valence electrons. The average Bonchev–Trinajstić information content (AvgIpc) is 1.91. The van der Waals surface area contributed by atoms with E-state index in [1.54, 1.807) is 7.05 Å². The Balaban J connectivity index is 0. The second kappa shape index (κ2) is 7.30. The van der Waals surface area contributed by atoms with E-state index in [0.29, 0.717) is 0 Å². The lowest BCUT2D eigenvalue weighted by atomic mass is 10.5. The Bertz CT molecular complexity index is 76.4. The van der Waals surface area contributed by atoms with Gasteiger partial charge in [-0.25, -0.2) is 5.84 Å². The van der Waals surface area contributed by atoms with Crippen LogP contribution < -0.4 is 11.6 Å². The molecule has 0 fully saturated rings. The summed E-state index contributed by atoms with van der Waals surface area (Å²) in [6.07, 6.45) is 1.46. The number of nitrogens with two attached hydrogens (primary N) is 2. The maximum Gasteiger partial charge on any atom is 0.0411 e. The minimum Gasteiger partial charge on any atom is -0.403 e. The van der Waals surface area contributed by atoms with Gasteiger partial charge in [0.05, 0.1) is 0 Å². The zero-order valence-corrected chi connectivity index (χ0v) is 6.68. The first-order valence-corrected chi connectivity index (χ1v) is 3.05. The van der Waals surface area contributed by atoms with Crippen LogP contribution in [0.5, 0.6) is 0 Å². The average molecular weight is 131 g/mol. The Morgan fingerprint density at radius 3 is 1.78 bits per heavy atom. The van der Waals surface area contributed by atoms with Crippen molar-refractivity contribution in [2.24, 2.45) is 11.6 Å². The molecule has 0 unspecified atom stereocenters. The molecule has 0 aliphatic heterocycles. The van der Waals surface area contributed by atoms with Crippen LogP contribution in [0.1, 0.15) is 20.8 Å². The molecule has 0 saturated carbocycles. The lowest BCUT2D eigenvalue weighted by molar-refractivity contribution is 0.440.